The van der Waals surface area contributed by atoms with E-state index in [2.05, 4.69) is 21.2 Å². The van der Waals surface area contributed by atoms with E-state index in [0.717, 1.165) is 10.5 Å². The zero-order chi connectivity index (χ0) is 14.0. The Hall–Kier alpha value is -1.59. The molecule has 0 unspecified atom stereocenters. The first kappa shape index (κ1) is 13.8. The highest BCUT2D eigenvalue weighted by atomic mass is 79.9. The van der Waals surface area contributed by atoms with Gasteiger partial charge in [0.15, 0.2) is 0 Å². The summed E-state index contributed by atoms with van der Waals surface area (Å²) in [5, 5.41) is 3.04. The van der Waals surface area contributed by atoms with E-state index < -0.39 is 11.7 Å². The molecule has 2 rings (SSSR count). The van der Waals surface area contributed by atoms with Crippen LogP contribution in [-0.2, 0) is 0 Å². The van der Waals surface area contributed by atoms with Gasteiger partial charge in [0.1, 0.15) is 5.82 Å². The molecule has 0 aliphatic rings. The van der Waals surface area contributed by atoms with Crippen molar-refractivity contribution < 1.29 is 9.18 Å². The van der Waals surface area contributed by atoms with Crippen LogP contribution >= 0.6 is 27.5 Å². The van der Waals surface area contributed by atoms with E-state index in [1.807, 2.05) is 0 Å². The summed E-state index contributed by atoms with van der Waals surface area (Å²) in [6.07, 6.45) is 0. The van der Waals surface area contributed by atoms with E-state index >= 15 is 0 Å². The number of carbonyl (C=O) groups is 1. The molecule has 6 heteroatoms. The van der Waals surface area contributed by atoms with E-state index in [1.165, 1.54) is 12.1 Å². The molecule has 0 radical (unpaired) electrons. The molecular formula is C13H9BrClFN2O. The van der Waals surface area contributed by atoms with Gasteiger partial charge in [-0.05, 0) is 36.4 Å². The lowest BCUT2D eigenvalue weighted by molar-refractivity contribution is 0.102. The molecule has 0 heterocycles. The number of halogens is 3. The predicted octanol–water partition coefficient (Wildman–Crippen LogP) is 4.08. The van der Waals surface area contributed by atoms with E-state index in [9.17, 15) is 9.18 Å². The van der Waals surface area contributed by atoms with Crippen LogP contribution in [0.4, 0.5) is 15.8 Å². The van der Waals surface area contributed by atoms with E-state index in [4.69, 9.17) is 17.3 Å². The first-order valence-electron chi connectivity index (χ1n) is 5.29. The number of nitrogens with two attached hydrogens (primary N) is 1. The van der Waals surface area contributed by atoms with Crippen molar-refractivity contribution in [2.75, 3.05) is 11.1 Å². The van der Waals surface area contributed by atoms with Crippen LogP contribution in [0.25, 0.3) is 0 Å². The van der Waals surface area contributed by atoms with Crippen molar-refractivity contribution in [2.45, 2.75) is 0 Å². The second-order valence-electron chi connectivity index (χ2n) is 3.81. The molecule has 0 saturated heterocycles. The number of anilines is 2. The second-order valence-corrected chi connectivity index (χ2v) is 5.14. The average Bonchev–Trinajstić information content (AvgIpc) is 2.37. The van der Waals surface area contributed by atoms with Gasteiger partial charge in [-0.25, -0.2) is 4.39 Å². The van der Waals surface area contributed by atoms with Gasteiger partial charge < -0.3 is 11.1 Å². The molecule has 0 bridgehead atoms. The lowest BCUT2D eigenvalue weighted by Crippen LogP contribution is -2.12. The largest absolute Gasteiger partial charge is 0.396 e. The van der Waals surface area contributed by atoms with Gasteiger partial charge in [-0.1, -0.05) is 27.5 Å². The van der Waals surface area contributed by atoms with Gasteiger partial charge in [0.05, 0.1) is 16.4 Å². The maximum Gasteiger partial charge on any atom is 0.255 e. The van der Waals surface area contributed by atoms with Crippen LogP contribution in [0.1, 0.15) is 10.4 Å². The van der Waals surface area contributed by atoms with Gasteiger partial charge in [-0.2, -0.15) is 0 Å². The van der Waals surface area contributed by atoms with Crippen LogP contribution < -0.4 is 11.1 Å². The third-order valence-corrected chi connectivity index (χ3v) is 3.26. The molecular weight excluding hydrogens is 335 g/mol. The van der Waals surface area contributed by atoms with Crippen molar-refractivity contribution in [3.05, 3.63) is 57.3 Å². The van der Waals surface area contributed by atoms with Crippen LogP contribution in [0, 0.1) is 5.82 Å². The minimum atomic E-state index is -0.558. The lowest BCUT2D eigenvalue weighted by Gasteiger charge is -2.08. The van der Waals surface area contributed by atoms with Gasteiger partial charge in [0, 0.05) is 10.0 Å². The summed E-state index contributed by atoms with van der Waals surface area (Å²) in [7, 11) is 0. The summed E-state index contributed by atoms with van der Waals surface area (Å²) in [4.78, 5) is 12.0. The minimum absolute atomic E-state index is 0.0759. The summed E-state index contributed by atoms with van der Waals surface area (Å²) < 4.78 is 13.8. The summed E-state index contributed by atoms with van der Waals surface area (Å²) >= 11 is 9.25. The molecule has 0 fully saturated rings. The number of nitrogens with one attached hydrogen (secondary N) is 1. The molecule has 2 aromatic rings. The van der Waals surface area contributed by atoms with Crippen molar-refractivity contribution in [1.29, 1.82) is 0 Å². The SMILES string of the molecule is Nc1cc(C(=O)Nc2cc(Br)ccc2Cl)ccc1F. The second kappa shape index (κ2) is 5.59. The van der Waals surface area contributed by atoms with E-state index in [1.54, 1.807) is 18.2 Å². The number of nitrogen functional groups attached to an aromatic ring is 1. The number of carbonyl (C=O) groups excluding carboxylic acids is 1. The highest BCUT2D eigenvalue weighted by molar-refractivity contribution is 9.10. The molecule has 0 aromatic heterocycles. The van der Waals surface area contributed by atoms with Crippen molar-refractivity contribution in [2.24, 2.45) is 0 Å². The van der Waals surface area contributed by atoms with Crippen LogP contribution in [0.2, 0.25) is 5.02 Å². The van der Waals surface area contributed by atoms with E-state index in [-0.39, 0.29) is 11.3 Å². The lowest BCUT2D eigenvalue weighted by atomic mass is 10.2. The Balaban J connectivity index is 2.25. The standard InChI is InChI=1S/C13H9BrClFN2O/c14-8-2-3-9(15)12(6-8)18-13(19)7-1-4-10(16)11(17)5-7/h1-6H,17H2,(H,18,19). The third-order valence-electron chi connectivity index (χ3n) is 2.43. The molecule has 2 aromatic carbocycles. The summed E-state index contributed by atoms with van der Waals surface area (Å²) in [5.41, 5.74) is 6.06. The Morgan fingerprint density at radius 3 is 2.68 bits per heavy atom. The van der Waals surface area contributed by atoms with Crippen LogP contribution in [-0.4, -0.2) is 5.91 Å². The Labute approximate surface area is 122 Å². The first-order valence-corrected chi connectivity index (χ1v) is 6.46. The molecule has 1 amide bonds. The summed E-state index contributed by atoms with van der Waals surface area (Å²) in [5.74, 6) is -0.969. The zero-order valence-corrected chi connectivity index (χ0v) is 11.9. The number of hydrogen-bond donors (Lipinski definition) is 2. The molecule has 98 valence electrons. The maximum atomic E-state index is 13.0. The average molecular weight is 344 g/mol. The van der Waals surface area contributed by atoms with Gasteiger partial charge in [0.2, 0.25) is 0 Å². The van der Waals surface area contributed by atoms with Crippen LogP contribution in [0.15, 0.2) is 40.9 Å². The fraction of sp³-hybridized carbons (Fsp3) is 0. The minimum Gasteiger partial charge on any atom is -0.396 e. The van der Waals surface area contributed by atoms with Crippen LogP contribution in [0.3, 0.4) is 0 Å². The topological polar surface area (TPSA) is 55.1 Å². The Morgan fingerprint density at radius 2 is 2.00 bits per heavy atom. The molecule has 19 heavy (non-hydrogen) atoms. The fourth-order valence-corrected chi connectivity index (χ4v) is 2.00. The highest BCUT2D eigenvalue weighted by Crippen LogP contribution is 2.26. The molecule has 0 aliphatic heterocycles. The van der Waals surface area contributed by atoms with E-state index in [0.29, 0.717) is 10.7 Å². The molecule has 0 saturated carbocycles. The Bertz CT molecular complexity index is 649. The molecule has 0 atom stereocenters. The smallest absolute Gasteiger partial charge is 0.255 e. The maximum absolute atomic E-state index is 13.0. The Kier molecular flexibility index (Phi) is 4.07. The normalized spacial score (nSPS) is 10.3. The fourth-order valence-electron chi connectivity index (χ4n) is 1.47. The number of benzene rings is 2. The summed E-state index contributed by atoms with van der Waals surface area (Å²) in [6.45, 7) is 0. The molecule has 3 nitrogen and oxygen atoms in total. The number of amides is 1. The number of rotatable bonds is 2. The molecule has 0 aliphatic carbocycles. The first-order chi connectivity index (χ1) is 8.97. The van der Waals surface area contributed by atoms with Gasteiger partial charge in [0.25, 0.3) is 5.91 Å². The van der Waals surface area contributed by atoms with Crippen molar-refractivity contribution in [3.63, 3.8) is 0 Å². The number of hydrogen-bond acceptors (Lipinski definition) is 2. The van der Waals surface area contributed by atoms with Gasteiger partial charge in [-0.15, -0.1) is 0 Å². The monoisotopic (exact) mass is 342 g/mol. The van der Waals surface area contributed by atoms with Crippen molar-refractivity contribution in [3.8, 4) is 0 Å². The van der Waals surface area contributed by atoms with Crippen molar-refractivity contribution >= 4 is 44.8 Å². The predicted molar refractivity (Wildman–Crippen MR) is 77.9 cm³/mol. The summed E-state index contributed by atoms with van der Waals surface area (Å²) in [6, 6.07) is 8.86. The molecule has 0 spiro atoms. The molecule has 3 N–H and O–H groups in total. The Morgan fingerprint density at radius 1 is 1.26 bits per heavy atom. The highest BCUT2D eigenvalue weighted by Gasteiger charge is 2.10. The van der Waals surface area contributed by atoms with Crippen LogP contribution in [0.5, 0.6) is 0 Å². The van der Waals surface area contributed by atoms with Crippen molar-refractivity contribution in [1.82, 2.24) is 0 Å². The van der Waals surface area contributed by atoms with Gasteiger partial charge in [-0.3, -0.25) is 4.79 Å². The third kappa shape index (κ3) is 3.24. The quantitative estimate of drug-likeness (QED) is 0.807. The zero-order valence-electron chi connectivity index (χ0n) is 9.58. The van der Waals surface area contributed by atoms with Gasteiger partial charge >= 0.3 is 0 Å².